The number of rotatable bonds is 2. The summed E-state index contributed by atoms with van der Waals surface area (Å²) in [5.74, 6) is 0.978. The van der Waals surface area contributed by atoms with Crippen molar-refractivity contribution >= 4 is 15.7 Å². The molecule has 7 heteroatoms. The number of hydrogen-bond acceptors (Lipinski definition) is 5. The number of likely N-dealkylation sites (tertiary alicyclic amines) is 1. The van der Waals surface area contributed by atoms with Crippen molar-refractivity contribution in [3.63, 3.8) is 0 Å². The number of sulfone groups is 1. The standard InChI is InChI=1S/C17H22N2O4S/c1-18(2)14-10-24(21,22)16-9-19(8-13(14)16)17(20)12-3-4-15-11(7-12)5-6-23-15/h3-4,7,13-14,16H,5-6,8-10H2,1-2H3/t13-,14-,16-/m0/s1. The predicted octanol–water partition coefficient (Wildman–Crippen LogP) is 0.421. The van der Waals surface area contributed by atoms with Gasteiger partial charge in [-0.15, -0.1) is 0 Å². The number of nitrogens with zero attached hydrogens (tertiary/aromatic N) is 2. The lowest BCUT2D eigenvalue weighted by molar-refractivity contribution is 0.0779. The SMILES string of the molecule is CN(C)[C@H]1CS(=O)(=O)[C@H]2CN(C(=O)c3ccc4c(c3)CCO4)C[C@@H]12. The van der Waals surface area contributed by atoms with Gasteiger partial charge in [-0.05, 0) is 37.9 Å². The number of fused-ring (bicyclic) bond motifs is 2. The molecule has 24 heavy (non-hydrogen) atoms. The molecule has 3 aliphatic heterocycles. The van der Waals surface area contributed by atoms with Gasteiger partial charge in [0.2, 0.25) is 0 Å². The molecule has 1 aromatic rings. The van der Waals surface area contributed by atoms with Gasteiger partial charge in [-0.3, -0.25) is 4.79 Å². The number of hydrogen-bond donors (Lipinski definition) is 0. The summed E-state index contributed by atoms with van der Waals surface area (Å²) >= 11 is 0. The fourth-order valence-corrected chi connectivity index (χ4v) is 6.71. The molecule has 0 spiro atoms. The number of carbonyl (C=O) groups excluding carboxylic acids is 1. The maximum absolute atomic E-state index is 12.8. The van der Waals surface area contributed by atoms with E-state index in [9.17, 15) is 13.2 Å². The Hall–Kier alpha value is -1.60. The summed E-state index contributed by atoms with van der Waals surface area (Å²) in [5.41, 5.74) is 1.68. The van der Waals surface area contributed by atoms with Crippen LogP contribution in [0.4, 0.5) is 0 Å². The monoisotopic (exact) mass is 350 g/mol. The molecule has 130 valence electrons. The Bertz CT molecular complexity index is 790. The average molecular weight is 350 g/mol. The van der Waals surface area contributed by atoms with Crippen molar-refractivity contribution in [2.75, 3.05) is 39.5 Å². The normalized spacial score (nSPS) is 30.3. The van der Waals surface area contributed by atoms with Crippen LogP contribution in [0, 0.1) is 5.92 Å². The van der Waals surface area contributed by atoms with E-state index in [1.54, 1.807) is 11.0 Å². The molecule has 0 aliphatic carbocycles. The number of benzene rings is 1. The second kappa shape index (κ2) is 5.46. The maximum atomic E-state index is 12.8. The van der Waals surface area contributed by atoms with Gasteiger partial charge in [0.05, 0.1) is 17.6 Å². The maximum Gasteiger partial charge on any atom is 0.253 e. The van der Waals surface area contributed by atoms with Crippen LogP contribution in [-0.4, -0.2) is 75.0 Å². The summed E-state index contributed by atoms with van der Waals surface area (Å²) < 4.78 is 30.3. The Morgan fingerprint density at radius 2 is 2.08 bits per heavy atom. The largest absolute Gasteiger partial charge is 0.493 e. The minimum absolute atomic E-state index is 0.00621. The summed E-state index contributed by atoms with van der Waals surface area (Å²) in [6.45, 7) is 1.48. The third-order valence-electron chi connectivity index (χ3n) is 5.55. The van der Waals surface area contributed by atoms with E-state index < -0.39 is 15.1 Å². The van der Waals surface area contributed by atoms with Gasteiger partial charge in [0.1, 0.15) is 5.75 Å². The molecular weight excluding hydrogens is 328 g/mol. The predicted molar refractivity (Wildman–Crippen MR) is 90.1 cm³/mol. The third-order valence-corrected chi connectivity index (χ3v) is 7.78. The van der Waals surface area contributed by atoms with Gasteiger partial charge in [-0.1, -0.05) is 0 Å². The second-order valence-electron chi connectivity index (χ2n) is 7.19. The summed E-state index contributed by atoms with van der Waals surface area (Å²) in [5, 5.41) is -0.424. The van der Waals surface area contributed by atoms with Gasteiger partial charge in [0, 0.05) is 37.0 Å². The first kappa shape index (κ1) is 15.9. The molecule has 0 N–H and O–H groups in total. The molecule has 2 saturated heterocycles. The van der Waals surface area contributed by atoms with E-state index in [0.29, 0.717) is 25.3 Å². The topological polar surface area (TPSA) is 66.9 Å². The Morgan fingerprint density at radius 3 is 2.83 bits per heavy atom. The fourth-order valence-electron chi connectivity index (χ4n) is 4.23. The molecule has 0 bridgehead atoms. The molecule has 0 saturated carbocycles. The summed E-state index contributed by atoms with van der Waals surface area (Å²) in [6.07, 6.45) is 0.818. The minimum Gasteiger partial charge on any atom is -0.493 e. The highest BCUT2D eigenvalue weighted by Gasteiger charge is 2.53. The van der Waals surface area contributed by atoms with E-state index in [1.165, 1.54) is 0 Å². The molecule has 3 aliphatic rings. The van der Waals surface area contributed by atoms with Crippen molar-refractivity contribution in [3.05, 3.63) is 29.3 Å². The van der Waals surface area contributed by atoms with Crippen LogP contribution in [0.2, 0.25) is 0 Å². The smallest absolute Gasteiger partial charge is 0.253 e. The number of ether oxygens (including phenoxy) is 1. The molecule has 0 radical (unpaired) electrons. The van der Waals surface area contributed by atoms with E-state index in [4.69, 9.17) is 4.74 Å². The summed E-state index contributed by atoms with van der Waals surface area (Å²) in [6, 6.07) is 5.49. The Balaban J connectivity index is 1.57. The lowest BCUT2D eigenvalue weighted by Crippen LogP contribution is -2.38. The lowest BCUT2D eigenvalue weighted by atomic mass is 10.00. The third kappa shape index (κ3) is 2.41. The first-order valence-corrected chi connectivity index (χ1v) is 10.0. The number of amides is 1. The van der Waals surface area contributed by atoms with Crippen molar-refractivity contribution < 1.29 is 17.9 Å². The van der Waals surface area contributed by atoms with Crippen LogP contribution in [0.3, 0.4) is 0 Å². The van der Waals surface area contributed by atoms with Gasteiger partial charge in [0.15, 0.2) is 9.84 Å². The Kier molecular flexibility index (Phi) is 3.61. The van der Waals surface area contributed by atoms with Crippen LogP contribution in [0.1, 0.15) is 15.9 Å². The Labute approximate surface area is 142 Å². The molecule has 0 unspecified atom stereocenters. The average Bonchev–Trinajstić information content (AvgIpc) is 3.21. The van der Waals surface area contributed by atoms with E-state index in [2.05, 4.69) is 0 Å². The lowest BCUT2D eigenvalue weighted by Gasteiger charge is -2.25. The fraction of sp³-hybridized carbons (Fsp3) is 0.588. The quantitative estimate of drug-likeness (QED) is 0.773. The highest BCUT2D eigenvalue weighted by Crippen LogP contribution is 2.36. The van der Waals surface area contributed by atoms with Crippen LogP contribution in [0.15, 0.2) is 18.2 Å². The van der Waals surface area contributed by atoms with Crippen LogP contribution >= 0.6 is 0 Å². The molecular formula is C17H22N2O4S. The molecule has 1 aromatic carbocycles. The summed E-state index contributed by atoms with van der Waals surface area (Å²) in [4.78, 5) is 16.5. The molecule has 3 atom stereocenters. The van der Waals surface area contributed by atoms with Gasteiger partial charge < -0.3 is 14.5 Å². The van der Waals surface area contributed by atoms with Gasteiger partial charge in [-0.25, -0.2) is 8.42 Å². The van der Waals surface area contributed by atoms with Crippen molar-refractivity contribution in [1.29, 1.82) is 0 Å². The second-order valence-corrected chi connectivity index (χ2v) is 9.46. The molecule has 4 rings (SSSR count). The Morgan fingerprint density at radius 1 is 1.29 bits per heavy atom. The molecule has 1 amide bonds. The van der Waals surface area contributed by atoms with Crippen molar-refractivity contribution in [3.8, 4) is 5.75 Å². The van der Waals surface area contributed by atoms with Crippen LogP contribution in [0.25, 0.3) is 0 Å². The number of carbonyl (C=O) groups is 1. The summed E-state index contributed by atoms with van der Waals surface area (Å²) in [7, 11) is 0.689. The molecule has 6 nitrogen and oxygen atoms in total. The van der Waals surface area contributed by atoms with Crippen LogP contribution in [-0.2, 0) is 16.3 Å². The van der Waals surface area contributed by atoms with E-state index in [1.807, 2.05) is 31.1 Å². The van der Waals surface area contributed by atoms with Crippen LogP contribution < -0.4 is 4.74 Å². The van der Waals surface area contributed by atoms with Crippen molar-refractivity contribution in [2.45, 2.75) is 17.7 Å². The van der Waals surface area contributed by atoms with Gasteiger partial charge >= 0.3 is 0 Å². The first-order valence-electron chi connectivity index (χ1n) is 8.30. The highest BCUT2D eigenvalue weighted by atomic mass is 32.2. The van der Waals surface area contributed by atoms with Gasteiger partial charge in [0.25, 0.3) is 5.91 Å². The van der Waals surface area contributed by atoms with Crippen molar-refractivity contribution in [2.24, 2.45) is 5.92 Å². The molecule has 0 aromatic heterocycles. The minimum atomic E-state index is -3.13. The zero-order valence-electron chi connectivity index (χ0n) is 13.9. The molecule has 3 heterocycles. The van der Waals surface area contributed by atoms with Crippen molar-refractivity contribution in [1.82, 2.24) is 9.80 Å². The van der Waals surface area contributed by atoms with Crippen LogP contribution in [0.5, 0.6) is 5.75 Å². The highest BCUT2D eigenvalue weighted by molar-refractivity contribution is 7.92. The first-order chi connectivity index (χ1) is 11.4. The van der Waals surface area contributed by atoms with E-state index >= 15 is 0 Å². The van der Waals surface area contributed by atoms with Gasteiger partial charge in [-0.2, -0.15) is 0 Å². The van der Waals surface area contributed by atoms with E-state index in [-0.39, 0.29) is 23.6 Å². The zero-order valence-corrected chi connectivity index (χ0v) is 14.8. The molecule has 2 fully saturated rings. The van der Waals surface area contributed by atoms with E-state index in [0.717, 1.165) is 17.7 Å². The zero-order chi connectivity index (χ0) is 17.1.